The number of hydrogen-bond acceptors (Lipinski definition) is 3. The minimum absolute atomic E-state index is 0.0811. The molecule has 78 valence electrons. The van der Waals surface area contributed by atoms with Gasteiger partial charge in [-0.05, 0) is 28.1 Å². The molecule has 0 saturated heterocycles. The lowest BCUT2D eigenvalue weighted by atomic mass is 10.0. The Labute approximate surface area is 93.0 Å². The molecule has 0 atom stereocenters. The van der Waals surface area contributed by atoms with Gasteiger partial charge in [-0.2, -0.15) is 0 Å². The number of rotatable bonds is 3. The highest BCUT2D eigenvalue weighted by Gasteiger charge is 2.08. The predicted molar refractivity (Wildman–Crippen MR) is 63.6 cm³/mol. The quantitative estimate of drug-likeness (QED) is 0.832. The molecule has 0 unspecified atom stereocenters. The van der Waals surface area contributed by atoms with Crippen molar-refractivity contribution in [1.82, 2.24) is 0 Å². The van der Waals surface area contributed by atoms with E-state index in [2.05, 4.69) is 0 Å². The number of thiophene rings is 1. The largest absolute Gasteiger partial charge is 0.392 e. The zero-order chi connectivity index (χ0) is 10.7. The summed E-state index contributed by atoms with van der Waals surface area (Å²) in [7, 11) is 0. The summed E-state index contributed by atoms with van der Waals surface area (Å²) in [5, 5.41) is 11.2. The van der Waals surface area contributed by atoms with Crippen molar-refractivity contribution < 1.29 is 5.11 Å². The second-order valence-electron chi connectivity index (χ2n) is 3.29. The molecular formula is C12H13NOS. The van der Waals surface area contributed by atoms with Gasteiger partial charge in [0.2, 0.25) is 0 Å². The molecule has 1 heterocycles. The van der Waals surface area contributed by atoms with Crippen LogP contribution in [0.2, 0.25) is 0 Å². The third-order valence-electron chi connectivity index (χ3n) is 2.40. The first-order chi connectivity index (χ1) is 7.36. The van der Waals surface area contributed by atoms with Gasteiger partial charge < -0.3 is 10.8 Å². The molecule has 0 amide bonds. The second kappa shape index (κ2) is 4.57. The fourth-order valence-corrected chi connectivity index (χ4v) is 2.59. The summed E-state index contributed by atoms with van der Waals surface area (Å²) in [6.07, 6.45) is 0. The lowest BCUT2D eigenvalue weighted by Gasteiger charge is -2.07. The molecule has 2 aromatic rings. The van der Waals surface area contributed by atoms with Gasteiger partial charge in [-0.3, -0.25) is 0 Å². The van der Waals surface area contributed by atoms with E-state index in [1.54, 1.807) is 11.3 Å². The van der Waals surface area contributed by atoms with Gasteiger partial charge >= 0.3 is 0 Å². The van der Waals surface area contributed by atoms with E-state index in [0.29, 0.717) is 6.54 Å². The van der Waals surface area contributed by atoms with E-state index < -0.39 is 0 Å². The summed E-state index contributed by atoms with van der Waals surface area (Å²) in [6.45, 7) is 0.608. The summed E-state index contributed by atoms with van der Waals surface area (Å²) in [5.41, 5.74) is 8.92. The van der Waals surface area contributed by atoms with Crippen LogP contribution in [0.1, 0.15) is 11.1 Å². The van der Waals surface area contributed by atoms with Crippen molar-refractivity contribution in [3.8, 4) is 10.4 Å². The summed E-state index contributed by atoms with van der Waals surface area (Å²) in [6, 6.07) is 10.0. The zero-order valence-corrected chi connectivity index (χ0v) is 9.13. The highest BCUT2D eigenvalue weighted by atomic mass is 32.1. The van der Waals surface area contributed by atoms with Gasteiger partial charge in [-0.25, -0.2) is 0 Å². The Bertz CT molecular complexity index is 450. The Hall–Kier alpha value is -1.16. The van der Waals surface area contributed by atoms with Crippen LogP contribution in [0.3, 0.4) is 0 Å². The monoisotopic (exact) mass is 219 g/mol. The molecule has 0 aliphatic heterocycles. The van der Waals surface area contributed by atoms with Gasteiger partial charge in [0, 0.05) is 11.4 Å². The van der Waals surface area contributed by atoms with E-state index in [0.717, 1.165) is 21.6 Å². The molecule has 1 aromatic heterocycles. The maximum Gasteiger partial charge on any atom is 0.0696 e. The van der Waals surface area contributed by atoms with Crippen LogP contribution in [0.15, 0.2) is 35.7 Å². The predicted octanol–water partition coefficient (Wildman–Crippen LogP) is 2.37. The van der Waals surface area contributed by atoms with Crippen molar-refractivity contribution in [3.05, 3.63) is 46.8 Å². The lowest BCUT2D eigenvalue weighted by Crippen LogP contribution is -1.98. The second-order valence-corrected chi connectivity index (χ2v) is 4.21. The molecule has 15 heavy (non-hydrogen) atoms. The molecule has 1 aromatic carbocycles. The Morgan fingerprint density at radius 1 is 1.13 bits per heavy atom. The van der Waals surface area contributed by atoms with Gasteiger partial charge in [0.1, 0.15) is 0 Å². The van der Waals surface area contributed by atoms with Gasteiger partial charge in [0.25, 0.3) is 0 Å². The van der Waals surface area contributed by atoms with Crippen LogP contribution in [0, 0.1) is 0 Å². The lowest BCUT2D eigenvalue weighted by molar-refractivity contribution is 0.283. The maximum absolute atomic E-state index is 9.21. The fourth-order valence-electron chi connectivity index (χ4n) is 1.62. The average molecular weight is 219 g/mol. The molecule has 0 radical (unpaired) electrons. The third kappa shape index (κ3) is 1.95. The SMILES string of the molecule is NCc1ccccc1-c1sccc1CO. The molecule has 0 saturated carbocycles. The van der Waals surface area contributed by atoms with Crippen LogP contribution >= 0.6 is 11.3 Å². The molecule has 0 spiro atoms. The van der Waals surface area contributed by atoms with Gasteiger partial charge in [-0.1, -0.05) is 24.3 Å². The highest BCUT2D eigenvalue weighted by Crippen LogP contribution is 2.31. The van der Waals surface area contributed by atoms with Crippen LogP contribution < -0.4 is 5.73 Å². The zero-order valence-electron chi connectivity index (χ0n) is 8.31. The van der Waals surface area contributed by atoms with Crippen molar-refractivity contribution in [2.45, 2.75) is 13.2 Å². The molecule has 0 fully saturated rings. The average Bonchev–Trinajstić information content (AvgIpc) is 2.76. The minimum atomic E-state index is 0.0811. The number of hydrogen-bond donors (Lipinski definition) is 2. The Morgan fingerprint density at radius 2 is 1.93 bits per heavy atom. The van der Waals surface area contributed by atoms with Gasteiger partial charge in [-0.15, -0.1) is 11.3 Å². The van der Waals surface area contributed by atoms with E-state index >= 15 is 0 Å². The van der Waals surface area contributed by atoms with E-state index in [1.165, 1.54) is 0 Å². The Morgan fingerprint density at radius 3 is 2.67 bits per heavy atom. The van der Waals surface area contributed by atoms with E-state index in [1.807, 2.05) is 35.7 Å². The summed E-state index contributed by atoms with van der Waals surface area (Å²) < 4.78 is 0. The molecular weight excluding hydrogens is 206 g/mol. The summed E-state index contributed by atoms with van der Waals surface area (Å²) >= 11 is 1.64. The molecule has 0 aliphatic rings. The van der Waals surface area contributed by atoms with Crippen molar-refractivity contribution in [2.24, 2.45) is 5.73 Å². The van der Waals surface area contributed by atoms with Crippen LogP contribution in [-0.2, 0) is 13.2 Å². The van der Waals surface area contributed by atoms with Crippen LogP contribution in [0.5, 0.6) is 0 Å². The van der Waals surface area contributed by atoms with Crippen LogP contribution in [0.25, 0.3) is 10.4 Å². The van der Waals surface area contributed by atoms with Crippen LogP contribution in [-0.4, -0.2) is 5.11 Å². The normalized spacial score (nSPS) is 10.5. The van der Waals surface area contributed by atoms with E-state index in [4.69, 9.17) is 5.73 Å². The number of benzene rings is 1. The highest BCUT2D eigenvalue weighted by molar-refractivity contribution is 7.13. The first-order valence-electron chi connectivity index (χ1n) is 4.82. The third-order valence-corrected chi connectivity index (χ3v) is 3.39. The topological polar surface area (TPSA) is 46.2 Å². The van der Waals surface area contributed by atoms with Gasteiger partial charge in [0.15, 0.2) is 0 Å². The first-order valence-corrected chi connectivity index (χ1v) is 5.70. The molecule has 2 nitrogen and oxygen atoms in total. The minimum Gasteiger partial charge on any atom is -0.392 e. The van der Waals surface area contributed by atoms with Crippen molar-refractivity contribution in [3.63, 3.8) is 0 Å². The summed E-state index contributed by atoms with van der Waals surface area (Å²) in [4.78, 5) is 1.12. The summed E-state index contributed by atoms with van der Waals surface area (Å²) in [5.74, 6) is 0. The van der Waals surface area contributed by atoms with E-state index in [-0.39, 0.29) is 6.61 Å². The van der Waals surface area contributed by atoms with Crippen molar-refractivity contribution >= 4 is 11.3 Å². The van der Waals surface area contributed by atoms with Crippen molar-refractivity contribution in [1.29, 1.82) is 0 Å². The smallest absolute Gasteiger partial charge is 0.0696 e. The number of nitrogens with two attached hydrogens (primary N) is 1. The molecule has 0 bridgehead atoms. The Kier molecular flexibility index (Phi) is 3.16. The first kappa shape index (κ1) is 10.4. The Balaban J connectivity index is 2.53. The maximum atomic E-state index is 9.21. The number of aliphatic hydroxyl groups excluding tert-OH is 1. The molecule has 2 rings (SSSR count). The van der Waals surface area contributed by atoms with E-state index in [9.17, 15) is 5.11 Å². The number of aliphatic hydroxyl groups is 1. The van der Waals surface area contributed by atoms with Gasteiger partial charge in [0.05, 0.1) is 6.61 Å². The standard InChI is InChI=1S/C12H13NOS/c13-7-9-3-1-2-4-11(9)12-10(8-14)5-6-15-12/h1-6,14H,7-8,13H2. The molecule has 3 N–H and O–H groups in total. The fraction of sp³-hybridized carbons (Fsp3) is 0.167. The van der Waals surface area contributed by atoms with Crippen LogP contribution in [0.4, 0.5) is 0 Å². The molecule has 3 heteroatoms. The van der Waals surface area contributed by atoms with Crippen molar-refractivity contribution in [2.75, 3.05) is 0 Å². The molecule has 0 aliphatic carbocycles.